The molecular weight excluding hydrogens is 260 g/mol. The molecule has 0 bridgehead atoms. The van der Waals surface area contributed by atoms with E-state index < -0.39 is 0 Å². The molecule has 0 amide bonds. The summed E-state index contributed by atoms with van der Waals surface area (Å²) in [6.07, 6.45) is 5.92. The maximum atomic E-state index is 6.71. The molecule has 120 valence electrons. The lowest BCUT2D eigenvalue weighted by molar-refractivity contribution is 0.0562. The molecule has 1 atom stereocenters. The van der Waals surface area contributed by atoms with E-state index >= 15 is 0 Å². The van der Waals surface area contributed by atoms with Crippen LogP contribution in [0.4, 0.5) is 0 Å². The molecule has 21 heavy (non-hydrogen) atoms. The molecule has 0 aromatic carbocycles. The van der Waals surface area contributed by atoms with Gasteiger partial charge in [0.15, 0.2) is 0 Å². The van der Waals surface area contributed by atoms with Crippen LogP contribution in [-0.4, -0.2) is 40.4 Å². The van der Waals surface area contributed by atoms with Gasteiger partial charge >= 0.3 is 0 Å². The molecule has 1 heterocycles. The largest absolute Gasteiger partial charge is 0.326 e. The summed E-state index contributed by atoms with van der Waals surface area (Å²) in [5.41, 5.74) is 9.23. The van der Waals surface area contributed by atoms with E-state index in [0.29, 0.717) is 0 Å². The lowest BCUT2D eigenvalue weighted by Gasteiger charge is -2.48. The molecule has 2 rings (SSSR count). The summed E-state index contributed by atoms with van der Waals surface area (Å²) in [6, 6.07) is 2.36. The lowest BCUT2D eigenvalue weighted by Crippen LogP contribution is -2.59. The van der Waals surface area contributed by atoms with Crippen molar-refractivity contribution in [2.24, 2.45) is 11.7 Å². The number of aryl methyl sites for hydroxylation is 2. The first-order valence-electron chi connectivity index (χ1n) is 8.35. The zero-order valence-electron chi connectivity index (χ0n) is 14.4. The molecule has 1 aliphatic rings. The summed E-state index contributed by atoms with van der Waals surface area (Å²) in [6.45, 7) is 7.49. The molecule has 4 heteroatoms. The lowest BCUT2D eigenvalue weighted by atomic mass is 9.71. The second kappa shape index (κ2) is 6.49. The van der Waals surface area contributed by atoms with Gasteiger partial charge < -0.3 is 10.6 Å². The first-order valence-corrected chi connectivity index (χ1v) is 8.35. The van der Waals surface area contributed by atoms with Crippen LogP contribution in [-0.2, 0) is 13.0 Å². The highest BCUT2D eigenvalue weighted by molar-refractivity contribution is 5.13. The summed E-state index contributed by atoms with van der Waals surface area (Å²) in [7, 11) is 4.39. The Bertz CT molecular complexity index is 455. The second-order valence-corrected chi connectivity index (χ2v) is 7.08. The molecular formula is C17H32N4. The Kier molecular flexibility index (Phi) is 5.10. The van der Waals surface area contributed by atoms with E-state index in [4.69, 9.17) is 5.73 Å². The van der Waals surface area contributed by atoms with Gasteiger partial charge in [0.05, 0.1) is 5.69 Å². The van der Waals surface area contributed by atoms with Gasteiger partial charge in [-0.25, -0.2) is 0 Å². The highest BCUT2D eigenvalue weighted by atomic mass is 15.3. The van der Waals surface area contributed by atoms with Crippen LogP contribution in [0.5, 0.6) is 0 Å². The molecule has 1 aromatic heterocycles. The number of aromatic nitrogens is 2. The summed E-state index contributed by atoms with van der Waals surface area (Å²) in [5.74, 6) is 0.841. The molecule has 4 nitrogen and oxygen atoms in total. The summed E-state index contributed by atoms with van der Waals surface area (Å²) < 4.78 is 2.10. The number of hydrogen-bond acceptors (Lipinski definition) is 3. The fourth-order valence-corrected chi connectivity index (χ4v) is 3.86. The van der Waals surface area contributed by atoms with E-state index in [2.05, 4.69) is 55.6 Å². The normalized spacial score (nSPS) is 28.0. The predicted octanol–water partition coefficient (Wildman–Crippen LogP) is 2.59. The fourth-order valence-electron chi connectivity index (χ4n) is 3.86. The van der Waals surface area contributed by atoms with Gasteiger partial charge in [-0.3, -0.25) is 4.68 Å². The summed E-state index contributed by atoms with van der Waals surface area (Å²) in [4.78, 5) is 2.38. The van der Waals surface area contributed by atoms with Crippen LogP contribution in [0.25, 0.3) is 0 Å². The number of nitrogens with zero attached hydrogens (tertiary/aromatic N) is 3. The Balaban J connectivity index is 2.17. The molecule has 0 radical (unpaired) electrons. The molecule has 0 spiro atoms. The highest BCUT2D eigenvalue weighted by Crippen LogP contribution is 2.38. The molecule has 0 aliphatic heterocycles. The van der Waals surface area contributed by atoms with Crippen molar-refractivity contribution in [3.8, 4) is 0 Å². The van der Waals surface area contributed by atoms with Gasteiger partial charge in [0.2, 0.25) is 0 Å². The summed E-state index contributed by atoms with van der Waals surface area (Å²) >= 11 is 0. The topological polar surface area (TPSA) is 47.1 Å². The van der Waals surface area contributed by atoms with Crippen LogP contribution in [0.1, 0.15) is 50.9 Å². The molecule has 0 saturated heterocycles. The van der Waals surface area contributed by atoms with Crippen molar-refractivity contribution >= 4 is 0 Å². The van der Waals surface area contributed by atoms with Crippen LogP contribution in [0.15, 0.2) is 6.07 Å². The van der Waals surface area contributed by atoms with Crippen LogP contribution in [0, 0.1) is 12.8 Å². The van der Waals surface area contributed by atoms with E-state index in [1.807, 2.05) is 0 Å². The van der Waals surface area contributed by atoms with E-state index in [-0.39, 0.29) is 11.6 Å². The number of nitrogens with two attached hydrogens (primary N) is 1. The van der Waals surface area contributed by atoms with E-state index in [0.717, 1.165) is 24.6 Å². The van der Waals surface area contributed by atoms with Gasteiger partial charge in [0.25, 0.3) is 0 Å². The number of likely N-dealkylation sites (N-methyl/N-ethyl adjacent to an activating group) is 1. The minimum Gasteiger partial charge on any atom is -0.326 e. The quantitative estimate of drug-likeness (QED) is 0.907. The van der Waals surface area contributed by atoms with Crippen molar-refractivity contribution < 1.29 is 0 Å². The first kappa shape index (κ1) is 16.5. The third-order valence-electron chi connectivity index (χ3n) is 5.44. The monoisotopic (exact) mass is 292 g/mol. The van der Waals surface area contributed by atoms with Gasteiger partial charge in [-0.1, -0.05) is 6.92 Å². The van der Waals surface area contributed by atoms with Crippen molar-refractivity contribution in [1.82, 2.24) is 14.7 Å². The maximum Gasteiger partial charge on any atom is 0.0596 e. The average molecular weight is 292 g/mol. The van der Waals surface area contributed by atoms with Gasteiger partial charge in [0, 0.05) is 30.2 Å². The van der Waals surface area contributed by atoms with Gasteiger partial charge in [-0.05, 0) is 65.6 Å². The number of rotatable bonds is 5. The number of hydrogen-bond donors (Lipinski definition) is 1. The molecule has 1 aromatic rings. The van der Waals surface area contributed by atoms with E-state index in [1.165, 1.54) is 31.4 Å². The van der Waals surface area contributed by atoms with E-state index in [9.17, 15) is 0 Å². The standard InChI is InChI=1S/C17H32N4/c1-6-21-15(11-14(3)19-21)12-16(18)17(20(4)5)9-7-13(2)8-10-17/h11,13,16H,6-10,12,18H2,1-5H3. The average Bonchev–Trinajstić information content (AvgIpc) is 2.79. The van der Waals surface area contributed by atoms with Gasteiger partial charge in [0.1, 0.15) is 0 Å². The van der Waals surface area contributed by atoms with Crippen molar-refractivity contribution in [1.29, 1.82) is 0 Å². The highest BCUT2D eigenvalue weighted by Gasteiger charge is 2.41. The van der Waals surface area contributed by atoms with Crippen LogP contribution in [0.2, 0.25) is 0 Å². The molecule has 1 unspecified atom stereocenters. The van der Waals surface area contributed by atoms with Gasteiger partial charge in [-0.15, -0.1) is 0 Å². The Hall–Kier alpha value is -0.870. The first-order chi connectivity index (χ1) is 9.89. The minimum atomic E-state index is 0.142. The smallest absolute Gasteiger partial charge is 0.0596 e. The Morgan fingerprint density at radius 2 is 2.05 bits per heavy atom. The SMILES string of the molecule is CCn1nc(C)cc1CC(N)C1(N(C)C)CCC(C)CC1. The van der Waals surface area contributed by atoms with Crippen LogP contribution < -0.4 is 5.73 Å². The fraction of sp³-hybridized carbons (Fsp3) is 0.824. The third kappa shape index (κ3) is 3.32. The Labute approximate surface area is 129 Å². The predicted molar refractivity (Wildman–Crippen MR) is 88.4 cm³/mol. The van der Waals surface area contributed by atoms with Crippen LogP contribution >= 0.6 is 0 Å². The van der Waals surface area contributed by atoms with Crippen molar-refractivity contribution in [3.05, 3.63) is 17.5 Å². The van der Waals surface area contributed by atoms with Gasteiger partial charge in [-0.2, -0.15) is 5.10 Å². The van der Waals surface area contributed by atoms with E-state index in [1.54, 1.807) is 0 Å². The summed E-state index contributed by atoms with van der Waals surface area (Å²) in [5, 5.41) is 4.55. The third-order valence-corrected chi connectivity index (χ3v) is 5.44. The minimum absolute atomic E-state index is 0.142. The zero-order chi connectivity index (χ0) is 15.6. The maximum absolute atomic E-state index is 6.71. The van der Waals surface area contributed by atoms with Crippen molar-refractivity contribution in [3.63, 3.8) is 0 Å². The molecule has 1 fully saturated rings. The van der Waals surface area contributed by atoms with Crippen LogP contribution in [0.3, 0.4) is 0 Å². The zero-order valence-corrected chi connectivity index (χ0v) is 14.4. The van der Waals surface area contributed by atoms with Crippen molar-refractivity contribution in [2.75, 3.05) is 14.1 Å². The molecule has 1 saturated carbocycles. The van der Waals surface area contributed by atoms with Crippen molar-refractivity contribution in [2.45, 2.75) is 71.0 Å². The molecule has 2 N–H and O–H groups in total. The molecule has 1 aliphatic carbocycles. The Morgan fingerprint density at radius 1 is 1.43 bits per heavy atom. The Morgan fingerprint density at radius 3 is 2.57 bits per heavy atom. The second-order valence-electron chi connectivity index (χ2n) is 7.08.